The van der Waals surface area contributed by atoms with E-state index in [1.54, 1.807) is 18.2 Å². The highest BCUT2D eigenvalue weighted by Crippen LogP contribution is 2.22. The Bertz CT molecular complexity index is 576. The monoisotopic (exact) mass is 312 g/mol. The number of aromatic nitrogens is 2. The van der Waals surface area contributed by atoms with Gasteiger partial charge in [-0.3, -0.25) is 0 Å². The molecule has 6 N–H and O–H groups in total. The molecule has 18 heavy (non-hydrogen) atoms. The van der Waals surface area contributed by atoms with Crippen molar-refractivity contribution in [1.82, 2.24) is 9.97 Å². The quantitative estimate of drug-likeness (QED) is 0.510. The molecule has 94 valence electrons. The molecular weight excluding hydrogens is 303 g/mol. The number of halogens is 2. The van der Waals surface area contributed by atoms with Gasteiger partial charge in [-0.2, -0.15) is 9.97 Å². The predicted octanol–water partition coefficient (Wildman–Crippen LogP) is 1.99. The first kappa shape index (κ1) is 12.5. The maximum Gasteiger partial charge on any atom is 0.223 e. The molecule has 1 aromatic heterocycles. The highest BCUT2D eigenvalue weighted by atomic mass is 79.9. The number of nitrogens with one attached hydrogen (secondary N) is 2. The summed E-state index contributed by atoms with van der Waals surface area (Å²) in [6.45, 7) is 0. The molecule has 0 spiro atoms. The smallest absolute Gasteiger partial charge is 0.223 e. The van der Waals surface area contributed by atoms with Crippen LogP contribution in [0.1, 0.15) is 0 Å². The lowest BCUT2D eigenvalue weighted by Crippen LogP contribution is -2.11. The molecule has 1 heterocycles. The summed E-state index contributed by atoms with van der Waals surface area (Å²) < 4.78 is 13.7. The molecule has 0 saturated heterocycles. The van der Waals surface area contributed by atoms with Crippen molar-refractivity contribution in [2.45, 2.75) is 0 Å². The molecule has 0 atom stereocenters. The van der Waals surface area contributed by atoms with Gasteiger partial charge < -0.3 is 16.5 Å². The molecule has 0 fully saturated rings. The lowest BCUT2D eigenvalue weighted by molar-refractivity contribution is 0.622. The van der Waals surface area contributed by atoms with Crippen molar-refractivity contribution in [3.63, 3.8) is 0 Å². The van der Waals surface area contributed by atoms with Crippen molar-refractivity contribution in [3.05, 3.63) is 34.6 Å². The number of rotatable bonds is 3. The van der Waals surface area contributed by atoms with Gasteiger partial charge in [0.05, 0.1) is 4.47 Å². The van der Waals surface area contributed by atoms with Crippen molar-refractivity contribution in [2.75, 3.05) is 16.5 Å². The van der Waals surface area contributed by atoms with E-state index in [-0.39, 0.29) is 11.8 Å². The molecule has 1 aromatic carbocycles. The molecule has 0 aliphatic heterocycles. The summed E-state index contributed by atoms with van der Waals surface area (Å²) in [5.74, 6) is 5.70. The normalized spacial score (nSPS) is 10.2. The van der Waals surface area contributed by atoms with Crippen LogP contribution in [-0.2, 0) is 0 Å². The molecule has 0 unspecified atom stereocenters. The highest BCUT2D eigenvalue weighted by Gasteiger charge is 2.04. The summed E-state index contributed by atoms with van der Waals surface area (Å²) in [5, 5.41) is 2.90. The van der Waals surface area contributed by atoms with Crippen LogP contribution in [0.25, 0.3) is 0 Å². The summed E-state index contributed by atoms with van der Waals surface area (Å²) in [5.41, 5.74) is 8.40. The maximum atomic E-state index is 13.3. The third-order valence-electron chi connectivity index (χ3n) is 2.08. The first-order valence-electron chi connectivity index (χ1n) is 4.92. The van der Waals surface area contributed by atoms with Gasteiger partial charge in [0.2, 0.25) is 5.95 Å². The fourth-order valence-electron chi connectivity index (χ4n) is 1.33. The van der Waals surface area contributed by atoms with E-state index in [9.17, 15) is 4.39 Å². The predicted molar refractivity (Wildman–Crippen MR) is 71.6 cm³/mol. The fraction of sp³-hybridized carbons (Fsp3) is 0. The second-order valence-electron chi connectivity index (χ2n) is 3.39. The minimum absolute atomic E-state index is 0.0607. The molecule has 0 amide bonds. The molecule has 6 nitrogen and oxygen atoms in total. The summed E-state index contributed by atoms with van der Waals surface area (Å²) in [6, 6.07) is 6.17. The van der Waals surface area contributed by atoms with Crippen LogP contribution in [0.2, 0.25) is 0 Å². The Morgan fingerprint density at radius 2 is 1.89 bits per heavy atom. The van der Waals surface area contributed by atoms with Crippen LogP contribution < -0.4 is 22.3 Å². The van der Waals surface area contributed by atoms with Crippen molar-refractivity contribution in [3.8, 4) is 0 Å². The van der Waals surface area contributed by atoms with Crippen LogP contribution in [-0.4, -0.2) is 9.97 Å². The van der Waals surface area contributed by atoms with Crippen molar-refractivity contribution >= 4 is 39.2 Å². The van der Waals surface area contributed by atoms with E-state index < -0.39 is 0 Å². The molecule has 8 heteroatoms. The first-order valence-corrected chi connectivity index (χ1v) is 5.71. The molecule has 2 rings (SSSR count). The molecule has 0 saturated carbocycles. The van der Waals surface area contributed by atoms with E-state index in [1.165, 1.54) is 6.07 Å². The third kappa shape index (κ3) is 2.84. The van der Waals surface area contributed by atoms with Gasteiger partial charge >= 0.3 is 0 Å². The van der Waals surface area contributed by atoms with Gasteiger partial charge in [-0.05, 0) is 34.1 Å². The van der Waals surface area contributed by atoms with Gasteiger partial charge in [0.1, 0.15) is 17.5 Å². The number of nitrogens with zero attached hydrogens (tertiary/aromatic N) is 2. The molecule has 0 aliphatic carbocycles. The van der Waals surface area contributed by atoms with Crippen LogP contribution in [0.4, 0.5) is 27.7 Å². The van der Waals surface area contributed by atoms with Crippen molar-refractivity contribution < 1.29 is 4.39 Å². The number of hydrogen-bond acceptors (Lipinski definition) is 6. The Balaban J connectivity index is 2.27. The molecule has 0 aliphatic rings. The third-order valence-corrected chi connectivity index (χ3v) is 2.73. The van der Waals surface area contributed by atoms with Crippen LogP contribution in [0, 0.1) is 5.82 Å². The van der Waals surface area contributed by atoms with Gasteiger partial charge in [0, 0.05) is 11.8 Å². The van der Waals surface area contributed by atoms with Crippen LogP contribution in [0.3, 0.4) is 0 Å². The lowest BCUT2D eigenvalue weighted by Gasteiger charge is -2.08. The van der Waals surface area contributed by atoms with E-state index >= 15 is 0 Å². The number of hydrazine groups is 1. The molecule has 0 radical (unpaired) electrons. The molecule has 0 bridgehead atoms. The van der Waals surface area contributed by atoms with E-state index in [2.05, 4.69) is 36.6 Å². The Labute approximate surface area is 111 Å². The van der Waals surface area contributed by atoms with Crippen molar-refractivity contribution in [2.24, 2.45) is 5.84 Å². The SMILES string of the molecule is NNc1cc(Nc2ccc(Br)c(F)c2)nc(N)n1. The Kier molecular flexibility index (Phi) is 3.58. The average Bonchev–Trinajstić information content (AvgIpc) is 2.33. The summed E-state index contributed by atoms with van der Waals surface area (Å²) in [4.78, 5) is 7.79. The van der Waals surface area contributed by atoms with Crippen LogP contribution in [0.5, 0.6) is 0 Å². The second kappa shape index (κ2) is 5.15. The number of nitrogens with two attached hydrogens (primary N) is 2. The number of anilines is 4. The minimum Gasteiger partial charge on any atom is -0.368 e. The highest BCUT2D eigenvalue weighted by molar-refractivity contribution is 9.10. The Hall–Kier alpha value is -1.93. The zero-order valence-corrected chi connectivity index (χ0v) is 10.7. The summed E-state index contributed by atoms with van der Waals surface area (Å²) in [7, 11) is 0. The second-order valence-corrected chi connectivity index (χ2v) is 4.25. The number of nitrogen functional groups attached to an aromatic ring is 2. The zero-order valence-electron chi connectivity index (χ0n) is 9.11. The molecule has 2 aromatic rings. The maximum absolute atomic E-state index is 13.3. The van der Waals surface area contributed by atoms with E-state index in [4.69, 9.17) is 11.6 Å². The van der Waals surface area contributed by atoms with E-state index in [0.717, 1.165) is 0 Å². The van der Waals surface area contributed by atoms with Gasteiger partial charge in [0.25, 0.3) is 0 Å². The van der Waals surface area contributed by atoms with Gasteiger partial charge in [-0.25, -0.2) is 10.2 Å². The average molecular weight is 313 g/mol. The van der Waals surface area contributed by atoms with Crippen molar-refractivity contribution in [1.29, 1.82) is 0 Å². The van der Waals surface area contributed by atoms with Gasteiger partial charge in [-0.15, -0.1) is 0 Å². The van der Waals surface area contributed by atoms with Crippen LogP contribution >= 0.6 is 15.9 Å². The Morgan fingerprint density at radius 3 is 2.56 bits per heavy atom. The topological polar surface area (TPSA) is 102 Å². The fourth-order valence-corrected chi connectivity index (χ4v) is 1.57. The lowest BCUT2D eigenvalue weighted by atomic mass is 10.3. The summed E-state index contributed by atoms with van der Waals surface area (Å²) in [6.07, 6.45) is 0. The Morgan fingerprint density at radius 1 is 1.17 bits per heavy atom. The molecular formula is C10H10BrFN6. The summed E-state index contributed by atoms with van der Waals surface area (Å²) >= 11 is 3.07. The van der Waals surface area contributed by atoms with Crippen LogP contribution in [0.15, 0.2) is 28.7 Å². The van der Waals surface area contributed by atoms with E-state index in [1.807, 2.05) is 0 Å². The number of hydrogen-bond donors (Lipinski definition) is 4. The largest absolute Gasteiger partial charge is 0.368 e. The van der Waals surface area contributed by atoms with Gasteiger partial charge in [0.15, 0.2) is 0 Å². The standard InChI is InChI=1S/C10H10BrFN6/c11-6-2-1-5(3-7(6)12)15-8-4-9(18-14)17-10(13)16-8/h1-4H,14H2,(H4,13,15,16,17,18). The first-order chi connectivity index (χ1) is 8.58. The zero-order chi connectivity index (χ0) is 13.1. The van der Waals surface area contributed by atoms with E-state index in [0.29, 0.717) is 21.8 Å². The van der Waals surface area contributed by atoms with Gasteiger partial charge in [-0.1, -0.05) is 0 Å². The minimum atomic E-state index is -0.376. The number of benzene rings is 1.